The van der Waals surface area contributed by atoms with Crippen LogP contribution in [0.3, 0.4) is 0 Å². The molecular weight excluding hydrogens is 439 g/mol. The monoisotopic (exact) mass is 454 g/mol. The molecule has 0 bridgehead atoms. The van der Waals surface area contributed by atoms with Gasteiger partial charge in [0.15, 0.2) is 0 Å². The van der Waals surface area contributed by atoms with Gasteiger partial charge in [-0.1, -0.05) is 23.8 Å². The average molecular weight is 455 g/mol. The van der Waals surface area contributed by atoms with Gasteiger partial charge in [0, 0.05) is 21.7 Å². The predicted octanol–water partition coefficient (Wildman–Crippen LogP) is 3.57. The molecule has 0 saturated carbocycles. The van der Waals surface area contributed by atoms with Gasteiger partial charge in [-0.25, -0.2) is 0 Å². The molecule has 1 fully saturated rings. The number of hydrogen-bond donors (Lipinski definition) is 1. The molecule has 0 spiro atoms. The van der Waals surface area contributed by atoms with Gasteiger partial charge in [0.05, 0.1) is 15.3 Å². The first-order valence-electron chi connectivity index (χ1n) is 6.49. The number of hydrogen-bond acceptors (Lipinski definition) is 3. The van der Waals surface area contributed by atoms with E-state index in [1.807, 2.05) is 17.2 Å². The Kier molecular flexibility index (Phi) is 5.78. The van der Waals surface area contributed by atoms with Crippen molar-refractivity contribution in [2.75, 3.05) is 19.3 Å². The summed E-state index contributed by atoms with van der Waals surface area (Å²) < 4.78 is 0.742. The van der Waals surface area contributed by atoms with E-state index in [4.69, 9.17) is 29.6 Å². The van der Waals surface area contributed by atoms with Gasteiger partial charge in [0.1, 0.15) is 0 Å². The largest absolute Gasteiger partial charge is 0.392 e. The fourth-order valence-corrected chi connectivity index (χ4v) is 4.44. The van der Waals surface area contributed by atoms with Crippen LogP contribution in [0.2, 0.25) is 5.02 Å². The van der Waals surface area contributed by atoms with Crippen molar-refractivity contribution in [3.05, 3.63) is 32.4 Å². The van der Waals surface area contributed by atoms with Crippen LogP contribution >= 0.6 is 58.2 Å². The Balaban J connectivity index is 2.13. The number of carbonyl (C=O) groups excluding carboxylic acids is 1. The molecule has 2 rings (SSSR count). The standard InChI is InChI=1S/C14H16ClIN2OS2/c1-21-14(13(17)20)4-6-18(7-5-14)12(19)10-8-9(15)2-3-11(10)16/h2-3,8H,4-7H2,1H3,(H2,17,20). The number of thiocarbonyl (C=S) groups is 1. The Morgan fingerprint density at radius 3 is 2.62 bits per heavy atom. The highest BCUT2D eigenvalue weighted by Crippen LogP contribution is 2.35. The molecule has 1 saturated heterocycles. The maximum atomic E-state index is 12.6. The molecule has 2 N–H and O–H groups in total. The van der Waals surface area contributed by atoms with Crippen LogP contribution in [0.1, 0.15) is 23.2 Å². The van der Waals surface area contributed by atoms with E-state index < -0.39 is 0 Å². The SMILES string of the molecule is CSC1(C(N)=S)CCN(C(=O)c2cc(Cl)ccc2I)CC1. The Bertz CT molecular complexity index is 574. The number of amides is 1. The van der Waals surface area contributed by atoms with Crippen molar-refractivity contribution in [1.82, 2.24) is 4.90 Å². The van der Waals surface area contributed by atoms with Crippen molar-refractivity contribution in [2.24, 2.45) is 5.73 Å². The highest BCUT2D eigenvalue weighted by molar-refractivity contribution is 14.1. The van der Waals surface area contributed by atoms with E-state index in [-0.39, 0.29) is 10.7 Å². The maximum Gasteiger partial charge on any atom is 0.254 e. The van der Waals surface area contributed by atoms with Crippen LogP contribution in [-0.2, 0) is 0 Å². The number of likely N-dealkylation sites (tertiary alicyclic amines) is 1. The van der Waals surface area contributed by atoms with Gasteiger partial charge in [-0.15, -0.1) is 0 Å². The van der Waals surface area contributed by atoms with Crippen molar-refractivity contribution in [3.8, 4) is 0 Å². The van der Waals surface area contributed by atoms with E-state index in [0.29, 0.717) is 28.7 Å². The van der Waals surface area contributed by atoms with E-state index in [2.05, 4.69) is 22.6 Å². The van der Waals surface area contributed by atoms with Crippen molar-refractivity contribution in [3.63, 3.8) is 0 Å². The summed E-state index contributed by atoms with van der Waals surface area (Å²) in [5.74, 6) is 0.0274. The maximum absolute atomic E-state index is 12.6. The third kappa shape index (κ3) is 3.65. The van der Waals surface area contributed by atoms with Gasteiger partial charge in [-0.3, -0.25) is 4.79 Å². The molecule has 114 valence electrons. The summed E-state index contributed by atoms with van der Waals surface area (Å²) in [6.45, 7) is 1.33. The molecule has 0 aliphatic carbocycles. The quantitative estimate of drug-likeness (QED) is 0.560. The zero-order valence-corrected chi connectivity index (χ0v) is 16.1. The number of carbonyl (C=O) groups is 1. The van der Waals surface area contributed by atoms with E-state index in [1.165, 1.54) is 0 Å². The van der Waals surface area contributed by atoms with Crippen LogP contribution in [0.15, 0.2) is 18.2 Å². The van der Waals surface area contributed by atoms with Crippen molar-refractivity contribution < 1.29 is 4.79 Å². The molecule has 1 aliphatic heterocycles. The number of halogens is 2. The lowest BCUT2D eigenvalue weighted by atomic mass is 9.95. The zero-order valence-electron chi connectivity index (χ0n) is 11.6. The van der Waals surface area contributed by atoms with E-state index in [9.17, 15) is 4.79 Å². The number of rotatable bonds is 3. The van der Waals surface area contributed by atoms with Gasteiger partial charge in [0.2, 0.25) is 0 Å². The van der Waals surface area contributed by atoms with E-state index in [0.717, 1.165) is 16.4 Å². The molecular formula is C14H16ClIN2OS2. The molecule has 0 atom stereocenters. The summed E-state index contributed by atoms with van der Waals surface area (Å²) in [5.41, 5.74) is 6.54. The molecule has 1 heterocycles. The lowest BCUT2D eigenvalue weighted by Gasteiger charge is -2.40. The summed E-state index contributed by atoms with van der Waals surface area (Å²) >= 11 is 15.0. The minimum atomic E-state index is -0.173. The molecule has 3 nitrogen and oxygen atoms in total. The van der Waals surface area contributed by atoms with Crippen LogP contribution in [0.25, 0.3) is 0 Å². The summed E-state index contributed by atoms with van der Waals surface area (Å²) in [5, 5.41) is 0.581. The van der Waals surface area contributed by atoms with Crippen molar-refractivity contribution in [1.29, 1.82) is 0 Å². The predicted molar refractivity (Wildman–Crippen MR) is 102 cm³/mol. The number of thioether (sulfide) groups is 1. The number of nitrogens with zero attached hydrogens (tertiary/aromatic N) is 1. The lowest BCUT2D eigenvalue weighted by Crippen LogP contribution is -2.50. The van der Waals surface area contributed by atoms with Crippen LogP contribution in [0.4, 0.5) is 0 Å². The number of piperidine rings is 1. The normalized spacial score (nSPS) is 17.6. The molecule has 21 heavy (non-hydrogen) atoms. The Morgan fingerprint density at radius 2 is 2.10 bits per heavy atom. The summed E-state index contributed by atoms with van der Waals surface area (Å²) in [7, 11) is 0. The molecule has 0 aromatic heterocycles. The smallest absolute Gasteiger partial charge is 0.254 e. The molecule has 1 aromatic carbocycles. The van der Waals surface area contributed by atoms with Crippen LogP contribution in [0.5, 0.6) is 0 Å². The van der Waals surface area contributed by atoms with Gasteiger partial charge >= 0.3 is 0 Å². The third-order valence-corrected chi connectivity index (χ3v) is 6.96. The minimum absolute atomic E-state index is 0.0274. The highest BCUT2D eigenvalue weighted by Gasteiger charge is 2.38. The summed E-state index contributed by atoms with van der Waals surface area (Å²) in [6.07, 6.45) is 3.62. The molecule has 0 radical (unpaired) electrons. The first kappa shape index (κ1) is 17.3. The number of nitrogens with two attached hydrogens (primary N) is 1. The Morgan fingerprint density at radius 1 is 1.48 bits per heavy atom. The summed E-state index contributed by atoms with van der Waals surface area (Å²) in [4.78, 5) is 15.0. The second-order valence-electron chi connectivity index (χ2n) is 4.98. The average Bonchev–Trinajstić information content (AvgIpc) is 2.49. The van der Waals surface area contributed by atoms with Crippen molar-refractivity contribution >= 4 is 69.1 Å². The highest BCUT2D eigenvalue weighted by atomic mass is 127. The lowest BCUT2D eigenvalue weighted by molar-refractivity contribution is 0.0718. The molecule has 0 unspecified atom stereocenters. The second-order valence-corrected chi connectivity index (χ2v) is 8.21. The van der Waals surface area contributed by atoms with Gasteiger partial charge in [-0.05, 0) is 59.9 Å². The fraction of sp³-hybridized carbons (Fsp3) is 0.429. The van der Waals surface area contributed by atoms with E-state index in [1.54, 1.807) is 23.9 Å². The third-order valence-electron chi connectivity index (χ3n) is 3.86. The first-order chi connectivity index (χ1) is 9.89. The van der Waals surface area contributed by atoms with Crippen LogP contribution in [0, 0.1) is 3.57 Å². The molecule has 1 aliphatic rings. The van der Waals surface area contributed by atoms with Gasteiger partial charge in [-0.2, -0.15) is 11.8 Å². The molecule has 1 amide bonds. The van der Waals surface area contributed by atoms with Crippen LogP contribution < -0.4 is 5.73 Å². The minimum Gasteiger partial charge on any atom is -0.392 e. The summed E-state index contributed by atoms with van der Waals surface area (Å²) in [6, 6.07) is 5.39. The van der Waals surface area contributed by atoms with Crippen LogP contribution in [-0.4, -0.2) is 39.9 Å². The Hall–Kier alpha value is -0.0500. The zero-order chi connectivity index (χ0) is 15.6. The van der Waals surface area contributed by atoms with Gasteiger partial charge < -0.3 is 10.6 Å². The first-order valence-corrected chi connectivity index (χ1v) is 9.58. The molecule has 1 aromatic rings. The number of benzene rings is 1. The van der Waals surface area contributed by atoms with Crippen molar-refractivity contribution in [2.45, 2.75) is 17.6 Å². The van der Waals surface area contributed by atoms with E-state index >= 15 is 0 Å². The Labute approximate surface area is 153 Å². The second kappa shape index (κ2) is 7.02. The van der Waals surface area contributed by atoms with Gasteiger partial charge in [0.25, 0.3) is 5.91 Å². The fourth-order valence-electron chi connectivity index (χ4n) is 2.45. The molecule has 7 heteroatoms. The topological polar surface area (TPSA) is 46.3 Å².